The minimum absolute atomic E-state index is 0.184. The van der Waals surface area contributed by atoms with Crippen molar-refractivity contribution < 1.29 is 18.6 Å². The van der Waals surface area contributed by atoms with E-state index < -0.39 is 30.1 Å². The maximum atomic E-state index is 7.05. The van der Waals surface area contributed by atoms with Gasteiger partial charge in [-0.05, 0) is 49.5 Å². The van der Waals surface area contributed by atoms with Crippen molar-refractivity contribution in [1.82, 2.24) is 0 Å². The van der Waals surface area contributed by atoms with E-state index in [0.29, 0.717) is 0 Å². The summed E-state index contributed by atoms with van der Waals surface area (Å²) in [5.41, 5.74) is 4.20. The molecule has 0 amide bonds. The average molecular weight is 648 g/mol. The van der Waals surface area contributed by atoms with Crippen molar-refractivity contribution in [1.29, 1.82) is 0 Å². The quantitative estimate of drug-likeness (QED) is 0.126. The summed E-state index contributed by atoms with van der Waals surface area (Å²) >= 11 is 0. The van der Waals surface area contributed by atoms with Gasteiger partial charge in [-0.25, -0.2) is 0 Å². The third-order valence-corrected chi connectivity index (χ3v) is 14.8. The predicted octanol–water partition coefficient (Wildman–Crippen LogP) is 7.57. The Bertz CT molecular complexity index is 1780. The fraction of sp³-hybridized carbons (Fsp3) is 0.0769. The van der Waals surface area contributed by atoms with Crippen LogP contribution in [0.4, 0.5) is 0 Å². The van der Waals surface area contributed by atoms with Crippen LogP contribution in [-0.2, 0) is 9.31 Å². The Labute approximate surface area is 279 Å². The molecular weight excluding hydrogens is 616 g/mol. The average Bonchev–Trinajstić information content (AvgIpc) is 3.16. The lowest BCUT2D eigenvalue weighted by atomic mass is 9.78. The minimum Gasteiger partial charge on any atom is -0.532 e. The first-order valence-electron chi connectivity index (χ1n) is 15.9. The molecule has 0 spiro atoms. The van der Waals surface area contributed by atoms with Crippen molar-refractivity contribution >= 4 is 51.6 Å². The van der Waals surface area contributed by atoms with Gasteiger partial charge in [0.25, 0.3) is 0 Å². The van der Waals surface area contributed by atoms with Crippen LogP contribution < -0.4 is 30.8 Å². The molecule has 8 heteroatoms. The van der Waals surface area contributed by atoms with Gasteiger partial charge >= 0.3 is 14.2 Å². The molecule has 0 fully saturated rings. The van der Waals surface area contributed by atoms with E-state index >= 15 is 0 Å². The van der Waals surface area contributed by atoms with E-state index in [2.05, 4.69) is 121 Å². The van der Waals surface area contributed by atoms with Crippen LogP contribution in [0.25, 0.3) is 0 Å². The van der Waals surface area contributed by atoms with Crippen LogP contribution in [-0.4, -0.2) is 20.1 Å². The Morgan fingerprint density at radius 3 is 1.15 bits per heavy atom. The van der Waals surface area contributed by atoms with Gasteiger partial charge in [0.05, 0.1) is 11.7 Å². The summed E-state index contributed by atoms with van der Waals surface area (Å²) in [6.07, 6.45) is 0. The zero-order valence-corrected chi connectivity index (χ0v) is 27.5. The summed E-state index contributed by atoms with van der Waals surface area (Å²) in [6, 6.07) is 59.0. The number of benzene rings is 6. The lowest BCUT2D eigenvalue weighted by Crippen LogP contribution is -2.44. The topological polar surface area (TPSA) is 36.9 Å². The van der Waals surface area contributed by atoms with Gasteiger partial charge in [0, 0.05) is 17.0 Å². The highest BCUT2D eigenvalue weighted by molar-refractivity contribution is 7.82. The Morgan fingerprint density at radius 1 is 0.404 bits per heavy atom. The molecule has 2 aliphatic heterocycles. The molecule has 0 radical (unpaired) electrons. The van der Waals surface area contributed by atoms with Gasteiger partial charge in [-0.1, -0.05) is 158 Å². The Morgan fingerprint density at radius 2 is 0.745 bits per heavy atom. The van der Waals surface area contributed by atoms with E-state index in [-0.39, 0.29) is 11.7 Å². The molecule has 4 atom stereocenters. The minimum atomic E-state index is -0.917. The van der Waals surface area contributed by atoms with Crippen LogP contribution in [0.3, 0.4) is 0 Å². The van der Waals surface area contributed by atoms with E-state index in [1.165, 1.54) is 10.6 Å². The van der Waals surface area contributed by atoms with E-state index in [1.54, 1.807) is 0 Å². The lowest BCUT2D eigenvalue weighted by Gasteiger charge is -2.41. The van der Waals surface area contributed by atoms with Crippen LogP contribution in [0.15, 0.2) is 170 Å². The maximum absolute atomic E-state index is 7.05. The standard InChI is InChI=1S/C39H32B2O4P2/c1-5-17-30(18-6-1)40-42-36-27-15-13-25-34(36)38(44-40)46(32-21-9-3-10-22-32)29-47(33-23-11-4-12-24-33)39-35-26-14-16-28-37(35)43-41(45-39)31-19-7-2-8-20-31/h1-28,38-39H,29H2. The molecule has 6 aromatic carbocycles. The molecule has 0 saturated heterocycles. The molecule has 0 bridgehead atoms. The summed E-state index contributed by atoms with van der Waals surface area (Å²) in [6.45, 7) is 0. The van der Waals surface area contributed by atoms with Gasteiger partial charge in [0.15, 0.2) is 0 Å². The molecule has 2 heterocycles. The van der Waals surface area contributed by atoms with Crippen molar-refractivity contribution in [2.75, 3.05) is 5.90 Å². The Balaban J connectivity index is 1.25. The van der Waals surface area contributed by atoms with Crippen molar-refractivity contribution in [2.24, 2.45) is 0 Å². The molecule has 6 aromatic rings. The third-order valence-electron chi connectivity index (χ3n) is 8.53. The van der Waals surface area contributed by atoms with Gasteiger partial charge in [0.1, 0.15) is 11.5 Å². The van der Waals surface area contributed by atoms with Crippen LogP contribution in [0.2, 0.25) is 0 Å². The first-order valence-corrected chi connectivity index (χ1v) is 19.1. The molecule has 0 N–H and O–H groups in total. The molecule has 228 valence electrons. The second-order valence-electron chi connectivity index (χ2n) is 11.5. The Hall–Kier alpha value is -4.17. The van der Waals surface area contributed by atoms with E-state index in [1.807, 2.05) is 48.5 Å². The summed E-state index contributed by atoms with van der Waals surface area (Å²) in [4.78, 5) is 0. The molecule has 47 heavy (non-hydrogen) atoms. The van der Waals surface area contributed by atoms with Gasteiger partial charge in [0.2, 0.25) is 0 Å². The summed E-state index contributed by atoms with van der Waals surface area (Å²) in [7, 11) is -2.84. The van der Waals surface area contributed by atoms with Crippen molar-refractivity contribution in [2.45, 2.75) is 11.7 Å². The zero-order chi connectivity index (χ0) is 31.4. The van der Waals surface area contributed by atoms with Gasteiger partial charge < -0.3 is 18.6 Å². The van der Waals surface area contributed by atoms with Crippen LogP contribution in [0, 0.1) is 0 Å². The zero-order valence-electron chi connectivity index (χ0n) is 25.7. The molecule has 0 aliphatic carbocycles. The van der Waals surface area contributed by atoms with E-state index in [9.17, 15) is 0 Å². The largest absolute Gasteiger partial charge is 0.563 e. The molecular formula is C39H32B2O4P2. The maximum Gasteiger partial charge on any atom is 0.563 e. The number of fused-ring (bicyclic) bond motifs is 2. The van der Waals surface area contributed by atoms with Crippen molar-refractivity contribution in [3.8, 4) is 11.5 Å². The molecule has 0 saturated carbocycles. The van der Waals surface area contributed by atoms with Crippen LogP contribution in [0.1, 0.15) is 22.8 Å². The number of para-hydroxylation sites is 2. The number of rotatable bonds is 8. The summed E-state index contributed by atoms with van der Waals surface area (Å²) < 4.78 is 27.1. The Kier molecular flexibility index (Phi) is 8.93. The molecule has 4 unspecified atom stereocenters. The number of hydrogen-bond acceptors (Lipinski definition) is 4. The lowest BCUT2D eigenvalue weighted by molar-refractivity contribution is 0.224. The van der Waals surface area contributed by atoms with E-state index in [4.69, 9.17) is 18.6 Å². The monoisotopic (exact) mass is 648 g/mol. The second-order valence-corrected chi connectivity index (χ2v) is 16.5. The van der Waals surface area contributed by atoms with Crippen molar-refractivity contribution in [3.05, 3.63) is 181 Å². The smallest absolute Gasteiger partial charge is 0.532 e. The van der Waals surface area contributed by atoms with E-state index in [0.717, 1.165) is 39.5 Å². The van der Waals surface area contributed by atoms with Gasteiger partial charge in [-0.15, -0.1) is 0 Å². The molecule has 0 aromatic heterocycles. The fourth-order valence-electron chi connectivity index (χ4n) is 6.23. The highest BCUT2D eigenvalue weighted by atomic mass is 31.2. The first kappa shape index (κ1) is 30.2. The van der Waals surface area contributed by atoms with Crippen LogP contribution >= 0.6 is 15.8 Å². The number of hydrogen-bond donors (Lipinski definition) is 0. The summed E-state index contributed by atoms with van der Waals surface area (Å²) in [5, 5.41) is 2.58. The predicted molar refractivity (Wildman–Crippen MR) is 196 cm³/mol. The highest BCUT2D eigenvalue weighted by Crippen LogP contribution is 2.66. The second kappa shape index (κ2) is 13.9. The molecule has 8 rings (SSSR count). The first-order chi connectivity index (χ1) is 23.3. The highest BCUT2D eigenvalue weighted by Gasteiger charge is 2.44. The van der Waals surface area contributed by atoms with Gasteiger partial charge in [-0.2, -0.15) is 0 Å². The normalized spacial score (nSPS) is 18.2. The van der Waals surface area contributed by atoms with Crippen LogP contribution in [0.5, 0.6) is 11.5 Å². The molecule has 4 nitrogen and oxygen atoms in total. The SMILES string of the molecule is c1ccc(B2Oc3ccccc3C(P(CP(c3ccccc3)C3OB(c4ccccc4)Oc4ccccc43)c3ccccc3)O2)cc1. The molecule has 2 aliphatic rings. The fourth-order valence-corrected chi connectivity index (χ4v) is 13.3. The van der Waals surface area contributed by atoms with Gasteiger partial charge in [-0.3, -0.25) is 0 Å². The van der Waals surface area contributed by atoms with Crippen molar-refractivity contribution in [3.63, 3.8) is 0 Å². The summed E-state index contributed by atoms with van der Waals surface area (Å²) in [5.74, 6) is 2.27. The third kappa shape index (κ3) is 6.40.